The number of carbonyl (C=O) groups excluding carboxylic acids is 2. The van der Waals surface area contributed by atoms with Gasteiger partial charge in [0.2, 0.25) is 5.91 Å². The van der Waals surface area contributed by atoms with Gasteiger partial charge in [-0.15, -0.1) is 0 Å². The van der Waals surface area contributed by atoms with Crippen molar-refractivity contribution in [1.82, 2.24) is 10.2 Å². The molecule has 5 heteroatoms. The van der Waals surface area contributed by atoms with E-state index < -0.39 is 0 Å². The number of nitrogens with zero attached hydrogens (tertiary/aromatic N) is 1. The standard InChI is InChI=1S/C9H14N2O3/c1-14-9(13)6-4-7-8(12)10-2-3-11(7)5-6/h6-7H,2-5H2,1H3,(H,10,12). The van der Waals surface area contributed by atoms with Crippen molar-refractivity contribution in [3.05, 3.63) is 0 Å². The van der Waals surface area contributed by atoms with Crippen LogP contribution in [0.1, 0.15) is 6.42 Å². The number of carbonyl (C=O) groups is 2. The molecular formula is C9H14N2O3. The van der Waals surface area contributed by atoms with Crippen molar-refractivity contribution in [2.45, 2.75) is 12.5 Å². The van der Waals surface area contributed by atoms with E-state index in [1.165, 1.54) is 7.11 Å². The second kappa shape index (κ2) is 3.57. The van der Waals surface area contributed by atoms with Crippen LogP contribution >= 0.6 is 0 Å². The van der Waals surface area contributed by atoms with Crippen LogP contribution in [0.4, 0.5) is 0 Å². The Bertz CT molecular complexity index is 267. The van der Waals surface area contributed by atoms with Crippen molar-refractivity contribution in [3.63, 3.8) is 0 Å². The first-order valence-electron chi connectivity index (χ1n) is 4.82. The minimum absolute atomic E-state index is 0.0441. The van der Waals surface area contributed by atoms with Gasteiger partial charge in [0.1, 0.15) is 0 Å². The number of amides is 1. The van der Waals surface area contributed by atoms with E-state index in [-0.39, 0.29) is 23.8 Å². The third-order valence-corrected chi connectivity index (χ3v) is 2.94. The zero-order valence-electron chi connectivity index (χ0n) is 8.16. The van der Waals surface area contributed by atoms with Crippen molar-refractivity contribution in [2.75, 3.05) is 26.7 Å². The highest BCUT2D eigenvalue weighted by Crippen LogP contribution is 2.25. The Hall–Kier alpha value is -1.10. The Morgan fingerprint density at radius 3 is 3.07 bits per heavy atom. The van der Waals surface area contributed by atoms with Crippen molar-refractivity contribution in [1.29, 1.82) is 0 Å². The highest BCUT2D eigenvalue weighted by atomic mass is 16.5. The maximum atomic E-state index is 11.4. The molecule has 2 heterocycles. The average Bonchev–Trinajstić information content (AvgIpc) is 2.62. The van der Waals surface area contributed by atoms with Gasteiger partial charge in [0.05, 0.1) is 19.1 Å². The fraction of sp³-hybridized carbons (Fsp3) is 0.778. The Morgan fingerprint density at radius 1 is 1.64 bits per heavy atom. The zero-order valence-corrected chi connectivity index (χ0v) is 8.16. The number of ether oxygens (including phenoxy) is 1. The highest BCUT2D eigenvalue weighted by molar-refractivity contribution is 5.84. The molecule has 0 spiro atoms. The van der Waals surface area contributed by atoms with Crippen LogP contribution in [0.2, 0.25) is 0 Å². The molecule has 1 amide bonds. The van der Waals surface area contributed by atoms with Gasteiger partial charge >= 0.3 is 5.97 Å². The smallest absolute Gasteiger partial charge is 0.310 e. The number of fused-ring (bicyclic) bond motifs is 1. The SMILES string of the molecule is COC(=O)C1CC2C(=O)NCCN2C1. The molecule has 0 aliphatic carbocycles. The number of rotatable bonds is 1. The Morgan fingerprint density at radius 2 is 2.43 bits per heavy atom. The molecule has 2 aliphatic rings. The Labute approximate surface area is 82.4 Å². The summed E-state index contributed by atoms with van der Waals surface area (Å²) in [6.07, 6.45) is 0.596. The number of nitrogens with one attached hydrogen (secondary N) is 1. The quantitative estimate of drug-likeness (QED) is 0.548. The number of esters is 1. The Balaban J connectivity index is 2.04. The molecule has 2 fully saturated rings. The molecule has 0 bridgehead atoms. The molecule has 14 heavy (non-hydrogen) atoms. The molecule has 2 saturated heterocycles. The minimum Gasteiger partial charge on any atom is -0.469 e. The summed E-state index contributed by atoms with van der Waals surface area (Å²) in [6.45, 7) is 2.18. The lowest BCUT2D eigenvalue weighted by molar-refractivity contribution is -0.144. The first-order chi connectivity index (χ1) is 6.72. The number of hydrogen-bond acceptors (Lipinski definition) is 4. The summed E-state index contributed by atoms with van der Waals surface area (Å²) >= 11 is 0. The molecule has 2 rings (SSSR count). The van der Waals surface area contributed by atoms with E-state index in [4.69, 9.17) is 0 Å². The van der Waals surface area contributed by atoms with Crippen LogP contribution in [0.25, 0.3) is 0 Å². The topological polar surface area (TPSA) is 58.6 Å². The zero-order chi connectivity index (χ0) is 10.1. The lowest BCUT2D eigenvalue weighted by Gasteiger charge is -2.28. The van der Waals surface area contributed by atoms with Crippen LogP contribution in [0.3, 0.4) is 0 Å². The minimum atomic E-state index is -0.202. The summed E-state index contributed by atoms with van der Waals surface area (Å²) in [5, 5.41) is 2.80. The van der Waals surface area contributed by atoms with Gasteiger partial charge in [0.25, 0.3) is 0 Å². The summed E-state index contributed by atoms with van der Waals surface area (Å²) in [6, 6.07) is -0.118. The summed E-state index contributed by atoms with van der Waals surface area (Å²) in [4.78, 5) is 24.8. The lowest BCUT2D eigenvalue weighted by atomic mass is 10.1. The number of piperazine rings is 1. The van der Waals surface area contributed by atoms with Crippen LogP contribution in [-0.4, -0.2) is 49.6 Å². The molecule has 2 aliphatic heterocycles. The van der Waals surface area contributed by atoms with Gasteiger partial charge in [-0.2, -0.15) is 0 Å². The van der Waals surface area contributed by atoms with Gasteiger partial charge in [-0.25, -0.2) is 0 Å². The largest absolute Gasteiger partial charge is 0.469 e. The number of hydrogen-bond donors (Lipinski definition) is 1. The van der Waals surface area contributed by atoms with Crippen LogP contribution in [0.15, 0.2) is 0 Å². The first kappa shape index (κ1) is 9.45. The molecule has 1 N–H and O–H groups in total. The second-order valence-corrected chi connectivity index (χ2v) is 3.76. The van der Waals surface area contributed by atoms with Crippen LogP contribution in [0, 0.1) is 5.92 Å². The predicted molar refractivity (Wildman–Crippen MR) is 48.5 cm³/mol. The van der Waals surface area contributed by atoms with Crippen molar-refractivity contribution >= 4 is 11.9 Å². The molecule has 0 aromatic heterocycles. The lowest BCUT2D eigenvalue weighted by Crippen LogP contribution is -2.51. The fourth-order valence-electron chi connectivity index (χ4n) is 2.20. The van der Waals surface area contributed by atoms with Gasteiger partial charge < -0.3 is 10.1 Å². The molecule has 0 aromatic carbocycles. The fourth-order valence-corrected chi connectivity index (χ4v) is 2.20. The predicted octanol–water partition coefficient (Wildman–Crippen LogP) is -1.02. The van der Waals surface area contributed by atoms with E-state index in [9.17, 15) is 9.59 Å². The molecule has 5 nitrogen and oxygen atoms in total. The van der Waals surface area contributed by atoms with E-state index >= 15 is 0 Å². The van der Waals surface area contributed by atoms with Gasteiger partial charge in [-0.3, -0.25) is 14.5 Å². The molecule has 0 radical (unpaired) electrons. The van der Waals surface area contributed by atoms with Crippen LogP contribution < -0.4 is 5.32 Å². The summed E-state index contributed by atoms with van der Waals surface area (Å²) in [7, 11) is 1.39. The molecule has 2 atom stereocenters. The molecule has 0 saturated carbocycles. The van der Waals surface area contributed by atoms with Crippen molar-refractivity contribution < 1.29 is 14.3 Å². The molecular weight excluding hydrogens is 184 g/mol. The summed E-state index contributed by atoms with van der Waals surface area (Å²) < 4.78 is 4.68. The van der Waals surface area contributed by atoms with Crippen molar-refractivity contribution in [2.24, 2.45) is 5.92 Å². The molecule has 2 unspecified atom stereocenters. The highest BCUT2D eigenvalue weighted by Gasteiger charge is 2.41. The average molecular weight is 198 g/mol. The van der Waals surface area contributed by atoms with E-state index in [0.717, 1.165) is 6.54 Å². The Kier molecular flexibility index (Phi) is 2.41. The normalized spacial score (nSPS) is 32.2. The van der Waals surface area contributed by atoms with Crippen molar-refractivity contribution in [3.8, 4) is 0 Å². The third-order valence-electron chi connectivity index (χ3n) is 2.94. The van der Waals surface area contributed by atoms with Gasteiger partial charge in [-0.1, -0.05) is 0 Å². The van der Waals surface area contributed by atoms with E-state index in [1.54, 1.807) is 0 Å². The van der Waals surface area contributed by atoms with E-state index in [2.05, 4.69) is 15.0 Å². The monoisotopic (exact) mass is 198 g/mol. The van der Waals surface area contributed by atoms with Gasteiger partial charge in [-0.05, 0) is 6.42 Å². The van der Waals surface area contributed by atoms with E-state index in [1.807, 2.05) is 0 Å². The molecule has 0 aromatic rings. The maximum Gasteiger partial charge on any atom is 0.310 e. The maximum absolute atomic E-state index is 11.4. The second-order valence-electron chi connectivity index (χ2n) is 3.76. The first-order valence-corrected chi connectivity index (χ1v) is 4.82. The van der Waals surface area contributed by atoms with Gasteiger partial charge in [0.15, 0.2) is 0 Å². The van der Waals surface area contributed by atoms with Gasteiger partial charge in [0, 0.05) is 19.6 Å². The molecule has 78 valence electrons. The van der Waals surface area contributed by atoms with Crippen LogP contribution in [-0.2, 0) is 14.3 Å². The third kappa shape index (κ3) is 1.48. The van der Waals surface area contributed by atoms with Crippen LogP contribution in [0.5, 0.6) is 0 Å². The summed E-state index contributed by atoms with van der Waals surface area (Å²) in [5.74, 6) is -0.288. The summed E-state index contributed by atoms with van der Waals surface area (Å²) in [5.41, 5.74) is 0. The van der Waals surface area contributed by atoms with E-state index in [0.29, 0.717) is 19.5 Å². The number of methoxy groups -OCH3 is 1.